The summed E-state index contributed by atoms with van der Waals surface area (Å²) in [7, 11) is 0. The number of amides is 1. The van der Waals surface area contributed by atoms with E-state index in [1.54, 1.807) is 0 Å². The smallest absolute Gasteiger partial charge is 0.417 e. The van der Waals surface area contributed by atoms with Crippen molar-refractivity contribution in [2.24, 2.45) is 0 Å². The molecule has 0 aromatic heterocycles. The summed E-state index contributed by atoms with van der Waals surface area (Å²) < 4.78 is 48.3. The molecule has 6 nitrogen and oxygen atoms in total. The van der Waals surface area contributed by atoms with Gasteiger partial charge in [0.15, 0.2) is 19.0 Å². The van der Waals surface area contributed by atoms with Gasteiger partial charge < -0.3 is 14.8 Å². The number of rotatable bonds is 7. The van der Waals surface area contributed by atoms with Gasteiger partial charge in [-0.05, 0) is 49.4 Å². The van der Waals surface area contributed by atoms with Gasteiger partial charge in [0.1, 0.15) is 5.75 Å². The number of anilines is 1. The van der Waals surface area contributed by atoms with Gasteiger partial charge in [-0.25, -0.2) is 4.79 Å². The van der Waals surface area contributed by atoms with Crippen LogP contribution >= 0.6 is 11.6 Å². The number of Topliss-reactive ketones (excluding diaryl/α,β-unsaturated/α-hetero) is 1. The number of alkyl halides is 3. The minimum atomic E-state index is -4.68. The van der Waals surface area contributed by atoms with E-state index in [9.17, 15) is 27.6 Å². The molecule has 0 bridgehead atoms. The van der Waals surface area contributed by atoms with Crippen molar-refractivity contribution in [3.63, 3.8) is 0 Å². The van der Waals surface area contributed by atoms with Crippen molar-refractivity contribution < 1.29 is 37.0 Å². The molecule has 0 atom stereocenters. The Morgan fingerprint density at radius 2 is 1.69 bits per heavy atom. The van der Waals surface area contributed by atoms with E-state index >= 15 is 0 Å². The molecule has 0 heterocycles. The molecule has 10 heteroatoms. The highest BCUT2D eigenvalue weighted by molar-refractivity contribution is 6.31. The number of carbonyl (C=O) groups excluding carboxylic acids is 3. The lowest BCUT2D eigenvalue weighted by atomic mass is 10.1. The van der Waals surface area contributed by atoms with E-state index in [1.807, 2.05) is 0 Å². The molecule has 0 aliphatic heterocycles. The Hall–Kier alpha value is -3.07. The second-order valence-corrected chi connectivity index (χ2v) is 6.18. The van der Waals surface area contributed by atoms with Crippen LogP contribution in [0.5, 0.6) is 5.75 Å². The summed E-state index contributed by atoms with van der Waals surface area (Å²) in [5, 5.41) is 1.68. The molecule has 2 rings (SSSR count). The predicted molar refractivity (Wildman–Crippen MR) is 98.0 cm³/mol. The van der Waals surface area contributed by atoms with Crippen molar-refractivity contribution in [3.05, 3.63) is 58.6 Å². The van der Waals surface area contributed by atoms with Crippen LogP contribution in [0.2, 0.25) is 5.02 Å². The number of hydrogen-bond acceptors (Lipinski definition) is 5. The maximum Gasteiger partial charge on any atom is 0.417 e. The van der Waals surface area contributed by atoms with Gasteiger partial charge in [-0.15, -0.1) is 0 Å². The molecule has 1 N–H and O–H groups in total. The predicted octanol–water partition coefficient (Wildman–Crippen LogP) is 4.12. The lowest BCUT2D eigenvalue weighted by molar-refractivity contribution is -0.149. The third-order valence-corrected chi connectivity index (χ3v) is 3.87. The van der Waals surface area contributed by atoms with Crippen molar-refractivity contribution in [2.45, 2.75) is 13.1 Å². The first-order chi connectivity index (χ1) is 13.6. The zero-order chi connectivity index (χ0) is 21.6. The van der Waals surface area contributed by atoms with Crippen molar-refractivity contribution in [1.82, 2.24) is 0 Å². The lowest BCUT2D eigenvalue weighted by Crippen LogP contribution is -2.23. The summed E-state index contributed by atoms with van der Waals surface area (Å²) in [5.41, 5.74) is -0.768. The average Bonchev–Trinajstić information content (AvgIpc) is 2.65. The van der Waals surface area contributed by atoms with Crippen LogP contribution < -0.4 is 10.1 Å². The molecule has 29 heavy (non-hydrogen) atoms. The Morgan fingerprint density at radius 1 is 1.03 bits per heavy atom. The standard InChI is InChI=1S/C19H15ClF3NO5/c1-11(25)12-2-5-14(6-3-12)28-10-18(27)29-9-17(26)24-13-4-7-16(20)15(8-13)19(21,22)23/h2-8H,9-10H2,1H3,(H,24,26). The SMILES string of the molecule is CC(=O)c1ccc(OCC(=O)OCC(=O)Nc2ccc(Cl)c(C(F)(F)F)c2)cc1. The summed E-state index contributed by atoms with van der Waals surface area (Å²) >= 11 is 5.50. The third-order valence-electron chi connectivity index (χ3n) is 3.54. The first-order valence-corrected chi connectivity index (χ1v) is 8.50. The van der Waals surface area contributed by atoms with Crippen LogP contribution in [-0.2, 0) is 20.5 Å². The largest absolute Gasteiger partial charge is 0.482 e. The number of ether oxygens (including phenoxy) is 2. The van der Waals surface area contributed by atoms with E-state index in [1.165, 1.54) is 37.3 Å². The number of carbonyl (C=O) groups is 3. The molecule has 0 aliphatic carbocycles. The molecule has 2 aromatic carbocycles. The molecule has 0 radical (unpaired) electrons. The maximum absolute atomic E-state index is 12.8. The Labute approximate surface area is 168 Å². The van der Waals surface area contributed by atoms with Gasteiger partial charge >= 0.3 is 12.1 Å². The minimum absolute atomic E-state index is 0.120. The topological polar surface area (TPSA) is 81.7 Å². The molecule has 0 unspecified atom stereocenters. The summed E-state index contributed by atoms with van der Waals surface area (Å²) in [6, 6.07) is 8.90. The molecule has 2 aromatic rings. The van der Waals surface area contributed by atoms with E-state index in [0.29, 0.717) is 17.4 Å². The monoisotopic (exact) mass is 429 g/mol. The Morgan fingerprint density at radius 3 is 2.28 bits per heavy atom. The van der Waals surface area contributed by atoms with Crippen LogP contribution in [-0.4, -0.2) is 30.9 Å². The van der Waals surface area contributed by atoms with E-state index < -0.39 is 41.9 Å². The first kappa shape index (κ1) is 22.2. The number of nitrogens with one attached hydrogen (secondary N) is 1. The third kappa shape index (κ3) is 6.79. The molecule has 0 spiro atoms. The fraction of sp³-hybridized carbons (Fsp3) is 0.211. The summed E-state index contributed by atoms with van der Waals surface area (Å²) in [6.07, 6.45) is -4.68. The number of hydrogen-bond donors (Lipinski definition) is 1. The van der Waals surface area contributed by atoms with Gasteiger partial charge in [0.2, 0.25) is 0 Å². The van der Waals surface area contributed by atoms with Crippen LogP contribution in [0.25, 0.3) is 0 Å². The first-order valence-electron chi connectivity index (χ1n) is 8.12. The van der Waals surface area contributed by atoms with Gasteiger partial charge in [0.25, 0.3) is 5.91 Å². The highest BCUT2D eigenvalue weighted by atomic mass is 35.5. The molecule has 154 valence electrons. The summed E-state index contributed by atoms with van der Waals surface area (Å²) in [5.74, 6) is -1.50. The second kappa shape index (κ2) is 9.42. The van der Waals surface area contributed by atoms with Crippen LogP contribution in [0.4, 0.5) is 18.9 Å². The number of ketones is 1. The molecule has 0 fully saturated rings. The summed E-state index contributed by atoms with van der Waals surface area (Å²) in [6.45, 7) is 0.202. The van der Waals surface area contributed by atoms with Gasteiger partial charge in [-0.3, -0.25) is 9.59 Å². The average molecular weight is 430 g/mol. The Balaban J connectivity index is 1.81. The van der Waals surface area contributed by atoms with Crippen LogP contribution in [0, 0.1) is 0 Å². The van der Waals surface area contributed by atoms with Crippen molar-refractivity contribution in [2.75, 3.05) is 18.5 Å². The normalized spacial score (nSPS) is 10.9. The molecule has 0 saturated heterocycles. The van der Waals surface area contributed by atoms with Crippen molar-refractivity contribution >= 4 is 34.9 Å². The number of esters is 1. The van der Waals surface area contributed by atoms with E-state index in [0.717, 1.165) is 6.07 Å². The summed E-state index contributed by atoms with van der Waals surface area (Å²) in [4.78, 5) is 34.6. The quantitative estimate of drug-likeness (QED) is 0.529. The Bertz CT molecular complexity index is 913. The van der Waals surface area contributed by atoms with Crippen molar-refractivity contribution in [1.29, 1.82) is 0 Å². The molecule has 1 amide bonds. The fourth-order valence-electron chi connectivity index (χ4n) is 2.13. The Kier molecular flexibility index (Phi) is 7.22. The van der Waals surface area contributed by atoms with Gasteiger partial charge in [0, 0.05) is 11.3 Å². The molecule has 0 saturated carbocycles. The minimum Gasteiger partial charge on any atom is -0.482 e. The maximum atomic E-state index is 12.8. The molecular formula is C19H15ClF3NO5. The zero-order valence-corrected chi connectivity index (χ0v) is 15.8. The van der Waals surface area contributed by atoms with Gasteiger partial charge in [-0.2, -0.15) is 13.2 Å². The fourth-order valence-corrected chi connectivity index (χ4v) is 2.36. The van der Waals surface area contributed by atoms with E-state index in [2.05, 4.69) is 5.32 Å². The lowest BCUT2D eigenvalue weighted by Gasteiger charge is -2.12. The molecule has 0 aliphatic rings. The van der Waals surface area contributed by atoms with E-state index in [4.69, 9.17) is 21.1 Å². The highest BCUT2D eigenvalue weighted by Gasteiger charge is 2.33. The highest BCUT2D eigenvalue weighted by Crippen LogP contribution is 2.36. The van der Waals surface area contributed by atoms with Crippen LogP contribution in [0.3, 0.4) is 0 Å². The van der Waals surface area contributed by atoms with Crippen molar-refractivity contribution in [3.8, 4) is 5.75 Å². The van der Waals surface area contributed by atoms with Crippen LogP contribution in [0.1, 0.15) is 22.8 Å². The second-order valence-electron chi connectivity index (χ2n) is 5.77. The number of halogens is 4. The van der Waals surface area contributed by atoms with E-state index in [-0.39, 0.29) is 11.5 Å². The van der Waals surface area contributed by atoms with Gasteiger partial charge in [0.05, 0.1) is 10.6 Å². The molecular weight excluding hydrogens is 415 g/mol. The van der Waals surface area contributed by atoms with Crippen LogP contribution in [0.15, 0.2) is 42.5 Å². The number of benzene rings is 2. The zero-order valence-electron chi connectivity index (χ0n) is 15.0. The van der Waals surface area contributed by atoms with Gasteiger partial charge in [-0.1, -0.05) is 11.6 Å².